The Labute approximate surface area is 424 Å². The monoisotopic (exact) mass is 1020 g/mol. The van der Waals surface area contributed by atoms with Crippen LogP contribution in [0.3, 0.4) is 0 Å². The van der Waals surface area contributed by atoms with Crippen LogP contribution in [0.1, 0.15) is 81.4 Å². The molecule has 0 bridgehead atoms. The molecule has 4 aromatic rings. The lowest BCUT2D eigenvalue weighted by Gasteiger charge is -2.43. The van der Waals surface area contributed by atoms with Crippen molar-refractivity contribution < 1.29 is 56.7 Å². The molecule has 1 saturated heterocycles. The number of benzene rings is 3. The van der Waals surface area contributed by atoms with E-state index in [2.05, 4.69) is 21.7 Å². The van der Waals surface area contributed by atoms with E-state index in [0.717, 1.165) is 44.0 Å². The number of amides is 3. The quantitative estimate of drug-likeness (QED) is 0.0570. The summed E-state index contributed by atoms with van der Waals surface area (Å²) in [6, 6.07) is 15.5. The molecule has 6 atom stereocenters. The molecule has 0 unspecified atom stereocenters. The Balaban J connectivity index is 0.811. The van der Waals surface area contributed by atoms with Gasteiger partial charge in [-0.1, -0.05) is 76.2 Å². The molecule has 7 rings (SSSR count). The molecule has 1 aliphatic carbocycles. The number of carbonyl (C=O) groups is 4. The predicted octanol–water partition coefficient (Wildman–Crippen LogP) is 6.59. The number of halogens is 2. The summed E-state index contributed by atoms with van der Waals surface area (Å²) in [5.41, 5.74) is 8.08. The van der Waals surface area contributed by atoms with E-state index in [1.807, 2.05) is 61.2 Å². The number of hydrogen-bond acceptors (Lipinski definition) is 13. The van der Waals surface area contributed by atoms with Gasteiger partial charge in [-0.3, -0.25) is 24.1 Å². The number of ether oxygens (including phenoxy) is 5. The van der Waals surface area contributed by atoms with E-state index in [4.69, 9.17) is 23.7 Å². The first-order chi connectivity index (χ1) is 34.4. The summed E-state index contributed by atoms with van der Waals surface area (Å²) in [4.78, 5) is 61.7. The molecule has 3 amide bonds. The highest BCUT2D eigenvalue weighted by Crippen LogP contribution is 2.50. The average Bonchev–Trinajstić information content (AvgIpc) is 4.07. The number of thiazole rings is 1. The van der Waals surface area contributed by atoms with E-state index in [9.17, 15) is 24.3 Å². The summed E-state index contributed by atoms with van der Waals surface area (Å²) >= 11 is 1.56. The number of carbonyl (C=O) groups excluding carboxylic acids is 4. The maximum Gasteiger partial charge on any atom is 0.309 e. The van der Waals surface area contributed by atoms with Crippen molar-refractivity contribution in [2.75, 3.05) is 66.4 Å². The lowest BCUT2D eigenvalue weighted by Crippen LogP contribution is -2.58. The van der Waals surface area contributed by atoms with Gasteiger partial charge in [0.05, 0.1) is 74.3 Å². The zero-order valence-corrected chi connectivity index (χ0v) is 43.0. The van der Waals surface area contributed by atoms with Gasteiger partial charge >= 0.3 is 5.97 Å². The first-order valence-corrected chi connectivity index (χ1v) is 25.4. The molecule has 0 radical (unpaired) electrons. The predicted molar refractivity (Wildman–Crippen MR) is 268 cm³/mol. The van der Waals surface area contributed by atoms with Crippen molar-refractivity contribution in [2.24, 2.45) is 11.3 Å². The van der Waals surface area contributed by atoms with Gasteiger partial charge in [0.25, 0.3) is 0 Å². The van der Waals surface area contributed by atoms with E-state index in [1.54, 1.807) is 44.5 Å². The molecule has 2 aliphatic heterocycles. The normalized spacial score (nSPS) is 19.7. The van der Waals surface area contributed by atoms with Gasteiger partial charge in [-0.25, -0.2) is 13.8 Å². The summed E-state index contributed by atoms with van der Waals surface area (Å²) in [5.74, 6) is -3.76. The fourth-order valence-corrected chi connectivity index (χ4v) is 10.6. The Morgan fingerprint density at radius 3 is 2.26 bits per heavy atom. The number of nitrogens with zero attached hydrogens (tertiary/aromatic N) is 3. The third-order valence-electron chi connectivity index (χ3n) is 13.4. The van der Waals surface area contributed by atoms with Crippen LogP contribution in [0.4, 0.5) is 8.78 Å². The number of esters is 1. The number of hydrogen-bond donors (Lipinski definition) is 3. The van der Waals surface area contributed by atoms with Gasteiger partial charge in [0.2, 0.25) is 17.7 Å². The number of aryl methyl sites for hydroxylation is 1. The minimum atomic E-state index is -1.01. The summed E-state index contributed by atoms with van der Waals surface area (Å²) < 4.78 is 59.7. The molecule has 1 fully saturated rings. The van der Waals surface area contributed by atoms with Gasteiger partial charge in [-0.05, 0) is 65.5 Å². The number of fused-ring (bicyclic) bond motifs is 2. The Hall–Kier alpha value is -5.63. The van der Waals surface area contributed by atoms with Crippen LogP contribution in [0.5, 0.6) is 5.75 Å². The highest BCUT2D eigenvalue weighted by atomic mass is 32.1. The van der Waals surface area contributed by atoms with Crippen LogP contribution < -0.4 is 15.4 Å². The lowest BCUT2D eigenvalue weighted by molar-refractivity contribution is -0.145. The average molecular weight is 1020 g/mol. The van der Waals surface area contributed by atoms with Crippen LogP contribution in [0.2, 0.25) is 0 Å². The van der Waals surface area contributed by atoms with E-state index >= 15 is 8.78 Å². The molecule has 3 heterocycles. The Bertz CT molecular complexity index is 2560. The third kappa shape index (κ3) is 13.1. The van der Waals surface area contributed by atoms with Crippen LogP contribution in [-0.2, 0) is 51.1 Å². The molecule has 3 N–H and O–H groups in total. The zero-order chi connectivity index (χ0) is 51.7. The number of rotatable bonds is 22. The highest BCUT2D eigenvalue weighted by molar-refractivity contribution is 7.13. The minimum absolute atomic E-state index is 0.0220. The van der Waals surface area contributed by atoms with Gasteiger partial charge in [0, 0.05) is 49.8 Å². The second-order valence-electron chi connectivity index (χ2n) is 19.8. The maximum absolute atomic E-state index is 16.2. The summed E-state index contributed by atoms with van der Waals surface area (Å²) in [5, 5.41) is 16.2. The van der Waals surface area contributed by atoms with Gasteiger partial charge in [-0.15, -0.1) is 11.3 Å². The number of likely N-dealkylation sites (tertiary alicyclic amines) is 1. The van der Waals surface area contributed by atoms with Crippen molar-refractivity contribution in [3.8, 4) is 16.2 Å². The number of aliphatic hydroxyl groups is 1. The second-order valence-corrected chi connectivity index (χ2v) is 20.6. The van der Waals surface area contributed by atoms with Crippen molar-refractivity contribution >= 4 is 40.6 Å². The standard InChI is InChI=1S/C54H67F2N5O10S/c1-32(53(66)67-7)28-60-33(2)22-41-40-11-9-8-10-37(40)23-42(41)48(60)47-43(55)25-39(26-44(47)56)71-21-20-69-17-16-68-18-19-70-30-46(63)59-50(54(4,5)6)52(65)61-29-38(62)24-45(61)51(64)57-27-35-12-14-36(15-13-35)49-34(3)58-31-72-49/h8-15,25-26,31-33,38,45,48,50,62H,16-24,27-30H2,1-7H3,(H,57,64)(H,59,63)/t32-,33+,38+,45-,48-,50+/m0/s1. The minimum Gasteiger partial charge on any atom is -0.491 e. The van der Waals surface area contributed by atoms with Crippen molar-refractivity contribution in [1.29, 1.82) is 0 Å². The summed E-state index contributed by atoms with van der Waals surface area (Å²) in [7, 11) is 1.33. The van der Waals surface area contributed by atoms with E-state index in [0.29, 0.717) is 12.8 Å². The van der Waals surface area contributed by atoms with Crippen LogP contribution in [0, 0.1) is 29.9 Å². The first-order valence-electron chi connectivity index (χ1n) is 24.5. The van der Waals surface area contributed by atoms with Crippen LogP contribution in [0.15, 0.2) is 71.7 Å². The molecule has 3 aliphatic rings. The van der Waals surface area contributed by atoms with E-state index in [-0.39, 0.29) is 95.6 Å². The number of aliphatic hydroxyl groups excluding tert-OH is 1. The Kier molecular flexibility index (Phi) is 18.3. The molecule has 72 heavy (non-hydrogen) atoms. The molecule has 0 saturated carbocycles. The molecule has 388 valence electrons. The zero-order valence-electron chi connectivity index (χ0n) is 42.1. The molecule has 15 nitrogen and oxygen atoms in total. The van der Waals surface area contributed by atoms with Crippen molar-refractivity contribution in [3.05, 3.63) is 111 Å². The Morgan fingerprint density at radius 2 is 1.61 bits per heavy atom. The molecule has 0 spiro atoms. The van der Waals surface area contributed by atoms with Gasteiger partial charge in [-0.2, -0.15) is 0 Å². The summed E-state index contributed by atoms with van der Waals surface area (Å²) in [6.07, 6.45) is 0.419. The molecule has 1 aromatic heterocycles. The fraction of sp³-hybridized carbons (Fsp3) is 0.500. The third-order valence-corrected chi connectivity index (χ3v) is 14.4. The Morgan fingerprint density at radius 1 is 0.944 bits per heavy atom. The number of nitrogens with one attached hydrogen (secondary N) is 2. The topological polar surface area (TPSA) is 178 Å². The van der Waals surface area contributed by atoms with Gasteiger partial charge in [0.1, 0.15) is 42.7 Å². The SMILES string of the molecule is COC(=O)[C@@H](C)CN1[C@H](C)CC2=C(Cc3ccccc32)[C@H]1c1c(F)cc(OCCOCCOCCOCC(=O)N[C@H](C(=O)N2C[C@H](O)C[C@H]2C(=O)NCc2ccc(-c3scnc3C)cc2)C(C)(C)C)cc1F. The van der Waals surface area contributed by atoms with E-state index < -0.39 is 64.9 Å². The van der Waals surface area contributed by atoms with Gasteiger partial charge < -0.3 is 44.3 Å². The van der Waals surface area contributed by atoms with Crippen molar-refractivity contribution in [1.82, 2.24) is 25.4 Å². The maximum atomic E-state index is 16.2. The van der Waals surface area contributed by atoms with Gasteiger partial charge in [0.15, 0.2) is 0 Å². The number of methoxy groups -OCH3 is 1. The molecule has 18 heteroatoms. The largest absolute Gasteiger partial charge is 0.491 e. The molecule has 3 aromatic carbocycles. The highest BCUT2D eigenvalue weighted by Gasteiger charge is 2.45. The van der Waals surface area contributed by atoms with Crippen LogP contribution in [-0.4, -0.2) is 134 Å². The van der Waals surface area contributed by atoms with Crippen LogP contribution >= 0.6 is 11.3 Å². The van der Waals surface area contributed by atoms with Crippen LogP contribution in [0.25, 0.3) is 16.0 Å². The van der Waals surface area contributed by atoms with E-state index in [1.165, 1.54) is 24.1 Å². The second kappa shape index (κ2) is 24.4. The number of β-amino-alcohol motifs (C(OH)–C–C–N with tert-alkyl or cyclic N) is 1. The summed E-state index contributed by atoms with van der Waals surface area (Å²) in [6.45, 7) is 12.1. The smallest absolute Gasteiger partial charge is 0.309 e. The fourth-order valence-electron chi connectivity index (χ4n) is 9.75. The van der Waals surface area contributed by atoms with Crippen molar-refractivity contribution in [2.45, 2.75) is 97.6 Å². The first kappa shape index (κ1) is 54.2. The molecular weight excluding hydrogens is 949 g/mol. The van der Waals surface area contributed by atoms with Crippen molar-refractivity contribution in [3.63, 3.8) is 0 Å². The lowest BCUT2D eigenvalue weighted by atomic mass is 9.84. The number of aromatic nitrogens is 1. The molecular formula is C54H67F2N5O10S.